The van der Waals surface area contributed by atoms with Gasteiger partial charge in [-0.25, -0.2) is 14.5 Å². The third-order valence-corrected chi connectivity index (χ3v) is 5.66. The van der Waals surface area contributed by atoms with Gasteiger partial charge in [0, 0.05) is 37.9 Å². The summed E-state index contributed by atoms with van der Waals surface area (Å²) in [6, 6.07) is 10.7. The van der Waals surface area contributed by atoms with Crippen molar-refractivity contribution in [2.75, 3.05) is 38.1 Å². The lowest BCUT2D eigenvalue weighted by Crippen LogP contribution is -2.44. The van der Waals surface area contributed by atoms with E-state index < -0.39 is 5.69 Å². The Morgan fingerprint density at radius 2 is 1.60 bits per heavy atom. The summed E-state index contributed by atoms with van der Waals surface area (Å²) in [5.41, 5.74) is 2.43. The molecular weight excluding hydrogens is 382 g/mol. The van der Waals surface area contributed by atoms with E-state index in [1.165, 1.54) is 10.6 Å². The zero-order chi connectivity index (χ0) is 21.4. The molecule has 0 unspecified atom stereocenters. The molecule has 2 heterocycles. The lowest BCUT2D eigenvalue weighted by molar-refractivity contribution is 0.313. The van der Waals surface area contributed by atoms with Gasteiger partial charge < -0.3 is 20.0 Å². The zero-order valence-electron chi connectivity index (χ0n) is 17.5. The highest BCUT2D eigenvalue weighted by Crippen LogP contribution is 2.37. The van der Waals surface area contributed by atoms with E-state index in [9.17, 15) is 15.0 Å². The second-order valence-electron chi connectivity index (χ2n) is 8.08. The summed E-state index contributed by atoms with van der Waals surface area (Å²) >= 11 is 0. The molecule has 0 aliphatic carbocycles. The predicted molar refractivity (Wildman–Crippen MR) is 117 cm³/mol. The molecule has 1 aromatic heterocycles. The maximum absolute atomic E-state index is 12.5. The molecule has 1 saturated heterocycles. The minimum atomic E-state index is -0.393. The lowest BCUT2D eigenvalue weighted by Gasteiger charge is -2.34. The third kappa shape index (κ3) is 3.66. The van der Waals surface area contributed by atoms with Crippen LogP contribution < -0.4 is 10.6 Å². The van der Waals surface area contributed by atoms with E-state index in [4.69, 9.17) is 0 Å². The van der Waals surface area contributed by atoms with Crippen molar-refractivity contribution in [1.82, 2.24) is 19.7 Å². The Labute approximate surface area is 175 Å². The van der Waals surface area contributed by atoms with Crippen molar-refractivity contribution in [1.29, 1.82) is 0 Å². The van der Waals surface area contributed by atoms with Gasteiger partial charge in [0.15, 0.2) is 5.82 Å². The van der Waals surface area contributed by atoms with Crippen LogP contribution in [-0.2, 0) is 0 Å². The Balaban J connectivity index is 1.72. The molecule has 1 aliphatic rings. The number of nitrogens with one attached hydrogen (secondary N) is 1. The van der Waals surface area contributed by atoms with Crippen molar-refractivity contribution in [2.45, 2.75) is 19.8 Å². The monoisotopic (exact) mass is 409 g/mol. The van der Waals surface area contributed by atoms with Crippen LogP contribution in [0.1, 0.15) is 25.3 Å². The second-order valence-corrected chi connectivity index (χ2v) is 8.08. The third-order valence-electron chi connectivity index (χ3n) is 5.66. The first-order valence-corrected chi connectivity index (χ1v) is 10.1. The fraction of sp³-hybridized carbons (Fsp3) is 0.364. The first kappa shape index (κ1) is 20.0. The first-order chi connectivity index (χ1) is 14.3. The Bertz CT molecular complexity index is 1090. The molecule has 30 heavy (non-hydrogen) atoms. The van der Waals surface area contributed by atoms with Crippen molar-refractivity contribution in [3.63, 3.8) is 0 Å². The van der Waals surface area contributed by atoms with Crippen molar-refractivity contribution < 1.29 is 10.2 Å². The normalized spacial score (nSPS) is 15.1. The summed E-state index contributed by atoms with van der Waals surface area (Å²) in [5.74, 6) is 0.233. The van der Waals surface area contributed by atoms with Crippen LogP contribution in [0.4, 0.5) is 5.69 Å². The fourth-order valence-corrected chi connectivity index (χ4v) is 3.83. The van der Waals surface area contributed by atoms with Gasteiger partial charge in [0.1, 0.15) is 11.5 Å². The quantitative estimate of drug-likeness (QED) is 0.613. The SMILES string of the molecule is CC(C)c1cc(-c2n[nH]c(=O)n2-c2ccc(N3CCN(C)CC3)cc2)c(O)cc1O. The minimum absolute atomic E-state index is 0.0206. The number of aromatic amines is 1. The number of benzene rings is 2. The van der Waals surface area contributed by atoms with E-state index in [1.807, 2.05) is 38.1 Å². The molecule has 3 aromatic rings. The zero-order valence-corrected chi connectivity index (χ0v) is 17.5. The molecule has 0 saturated carbocycles. The smallest absolute Gasteiger partial charge is 0.348 e. The molecule has 2 aromatic carbocycles. The number of phenols is 2. The number of aromatic hydroxyl groups is 2. The van der Waals surface area contributed by atoms with Crippen LogP contribution >= 0.6 is 0 Å². The highest BCUT2D eigenvalue weighted by atomic mass is 16.3. The van der Waals surface area contributed by atoms with Gasteiger partial charge in [0.25, 0.3) is 0 Å². The number of H-pyrrole nitrogens is 1. The number of hydrogen-bond acceptors (Lipinski definition) is 6. The highest BCUT2D eigenvalue weighted by Gasteiger charge is 2.20. The van der Waals surface area contributed by atoms with E-state index in [2.05, 4.69) is 27.0 Å². The Morgan fingerprint density at radius 1 is 0.967 bits per heavy atom. The number of anilines is 1. The first-order valence-electron chi connectivity index (χ1n) is 10.1. The van der Waals surface area contributed by atoms with Gasteiger partial charge in [0.2, 0.25) is 0 Å². The van der Waals surface area contributed by atoms with E-state index >= 15 is 0 Å². The van der Waals surface area contributed by atoms with Crippen molar-refractivity contribution >= 4 is 5.69 Å². The largest absolute Gasteiger partial charge is 0.508 e. The van der Waals surface area contributed by atoms with Crippen molar-refractivity contribution in [2.24, 2.45) is 0 Å². The predicted octanol–water partition coefficient (Wildman–Crippen LogP) is 2.51. The fourth-order valence-electron chi connectivity index (χ4n) is 3.83. The molecule has 3 N–H and O–H groups in total. The summed E-state index contributed by atoms with van der Waals surface area (Å²) in [5, 5.41) is 27.2. The second kappa shape index (κ2) is 7.87. The molecule has 4 rings (SSSR count). The average Bonchev–Trinajstić information content (AvgIpc) is 3.09. The Hall–Kier alpha value is -3.26. The molecule has 158 valence electrons. The van der Waals surface area contributed by atoms with Gasteiger partial charge in [0.05, 0.1) is 11.3 Å². The molecule has 0 amide bonds. The maximum Gasteiger partial charge on any atom is 0.348 e. The molecule has 1 fully saturated rings. The van der Waals surface area contributed by atoms with Crippen LogP contribution in [0.25, 0.3) is 17.1 Å². The number of likely N-dealkylation sites (N-methyl/N-ethyl adjacent to an activating group) is 1. The molecule has 1 aliphatic heterocycles. The highest BCUT2D eigenvalue weighted by molar-refractivity contribution is 5.69. The summed E-state index contributed by atoms with van der Waals surface area (Å²) < 4.78 is 1.43. The van der Waals surface area contributed by atoms with Gasteiger partial charge in [-0.15, -0.1) is 0 Å². The van der Waals surface area contributed by atoms with E-state index in [0.717, 1.165) is 31.9 Å². The number of rotatable bonds is 4. The summed E-state index contributed by atoms with van der Waals surface area (Å²) in [7, 11) is 2.12. The van der Waals surface area contributed by atoms with Crippen LogP contribution in [0.15, 0.2) is 41.2 Å². The minimum Gasteiger partial charge on any atom is -0.508 e. The Kier molecular flexibility index (Phi) is 5.26. The van der Waals surface area contributed by atoms with E-state index in [0.29, 0.717) is 22.6 Å². The van der Waals surface area contributed by atoms with Gasteiger partial charge in [-0.2, -0.15) is 5.10 Å². The molecular formula is C22H27N5O3. The molecule has 0 atom stereocenters. The lowest BCUT2D eigenvalue weighted by atomic mass is 9.98. The van der Waals surface area contributed by atoms with Crippen LogP contribution in [0, 0.1) is 0 Å². The molecule has 8 heteroatoms. The number of phenolic OH excluding ortho intramolecular Hbond substituents is 2. The van der Waals surface area contributed by atoms with Crippen LogP contribution in [0.3, 0.4) is 0 Å². The van der Waals surface area contributed by atoms with Gasteiger partial charge in [-0.1, -0.05) is 13.8 Å². The topological polar surface area (TPSA) is 97.6 Å². The number of nitrogens with zero attached hydrogens (tertiary/aromatic N) is 4. The van der Waals surface area contributed by atoms with Gasteiger partial charge in [-0.05, 0) is 48.9 Å². The van der Waals surface area contributed by atoms with E-state index in [1.54, 1.807) is 6.07 Å². The van der Waals surface area contributed by atoms with Crippen molar-refractivity contribution in [3.05, 3.63) is 52.4 Å². The van der Waals surface area contributed by atoms with Crippen molar-refractivity contribution in [3.8, 4) is 28.6 Å². The number of aromatic nitrogens is 3. The molecule has 0 radical (unpaired) electrons. The van der Waals surface area contributed by atoms with Crippen LogP contribution in [0.5, 0.6) is 11.5 Å². The molecule has 0 bridgehead atoms. The summed E-state index contributed by atoms with van der Waals surface area (Å²) in [6.45, 7) is 7.87. The standard InChI is InChI=1S/C22H27N5O3/c1-14(2)17-12-18(20(29)13-19(17)28)21-23-24-22(30)27(21)16-6-4-15(5-7-16)26-10-8-25(3)9-11-26/h4-7,12-14,28-29H,8-11H2,1-3H3,(H,24,30). The van der Waals surface area contributed by atoms with Crippen LogP contribution in [-0.4, -0.2) is 63.1 Å². The number of piperazine rings is 1. The summed E-state index contributed by atoms with van der Waals surface area (Å²) in [6.07, 6.45) is 0. The van der Waals surface area contributed by atoms with Crippen LogP contribution in [0.2, 0.25) is 0 Å². The summed E-state index contributed by atoms with van der Waals surface area (Å²) in [4.78, 5) is 17.2. The Morgan fingerprint density at radius 3 is 2.23 bits per heavy atom. The molecule has 0 spiro atoms. The van der Waals surface area contributed by atoms with E-state index in [-0.39, 0.29) is 17.4 Å². The maximum atomic E-state index is 12.5. The van der Waals surface area contributed by atoms with Gasteiger partial charge >= 0.3 is 5.69 Å². The molecule has 8 nitrogen and oxygen atoms in total. The number of hydrogen-bond donors (Lipinski definition) is 3. The van der Waals surface area contributed by atoms with Gasteiger partial charge in [-0.3, -0.25) is 0 Å². The average molecular weight is 409 g/mol.